The minimum atomic E-state index is -0.204. The number of benzene rings is 1. The fraction of sp³-hybridized carbons (Fsp3) is 0.462. The zero-order valence-electron chi connectivity index (χ0n) is 10.8. The summed E-state index contributed by atoms with van der Waals surface area (Å²) < 4.78 is 0. The topological polar surface area (TPSA) is 41.1 Å². The number of carbonyl (C=O) groups excluding carboxylic acids is 1. The standard InChI is InChI=1S/C13H18Cl2N2O/c1-13(2,3)17-12(18)6-7-16-11-8-9(14)4-5-10(11)15/h4-5,8,16H,6-7H2,1-3H3,(H,17,18). The molecule has 1 aromatic rings. The molecule has 3 nitrogen and oxygen atoms in total. The van der Waals surface area contributed by atoms with Gasteiger partial charge in [0.1, 0.15) is 0 Å². The van der Waals surface area contributed by atoms with Crippen molar-refractivity contribution in [3.63, 3.8) is 0 Å². The minimum Gasteiger partial charge on any atom is -0.383 e. The molecule has 0 atom stereocenters. The van der Waals surface area contributed by atoms with E-state index in [1.807, 2.05) is 20.8 Å². The van der Waals surface area contributed by atoms with Crippen LogP contribution in [0.25, 0.3) is 0 Å². The summed E-state index contributed by atoms with van der Waals surface area (Å²) in [5, 5.41) is 7.19. The summed E-state index contributed by atoms with van der Waals surface area (Å²) in [5.74, 6) is 0.00755. The highest BCUT2D eigenvalue weighted by atomic mass is 35.5. The summed E-state index contributed by atoms with van der Waals surface area (Å²) >= 11 is 11.9. The fourth-order valence-corrected chi connectivity index (χ4v) is 1.78. The molecule has 0 heterocycles. The number of anilines is 1. The molecular weight excluding hydrogens is 271 g/mol. The van der Waals surface area contributed by atoms with Gasteiger partial charge in [-0.1, -0.05) is 23.2 Å². The summed E-state index contributed by atoms with van der Waals surface area (Å²) in [7, 11) is 0. The van der Waals surface area contributed by atoms with Crippen LogP contribution >= 0.6 is 23.2 Å². The molecule has 0 spiro atoms. The van der Waals surface area contributed by atoms with E-state index in [-0.39, 0.29) is 11.4 Å². The third-order valence-corrected chi connectivity index (χ3v) is 2.68. The Hall–Kier alpha value is -0.930. The van der Waals surface area contributed by atoms with Crippen LogP contribution in [0.1, 0.15) is 27.2 Å². The molecule has 2 N–H and O–H groups in total. The van der Waals surface area contributed by atoms with Crippen LogP contribution in [0.15, 0.2) is 18.2 Å². The van der Waals surface area contributed by atoms with Crippen LogP contribution in [0.3, 0.4) is 0 Å². The van der Waals surface area contributed by atoms with Gasteiger partial charge in [0.25, 0.3) is 0 Å². The molecule has 0 saturated carbocycles. The van der Waals surface area contributed by atoms with E-state index >= 15 is 0 Å². The van der Waals surface area contributed by atoms with E-state index < -0.39 is 0 Å². The molecule has 0 unspecified atom stereocenters. The molecule has 1 rings (SSSR count). The smallest absolute Gasteiger partial charge is 0.222 e. The van der Waals surface area contributed by atoms with E-state index in [0.29, 0.717) is 23.0 Å². The molecule has 18 heavy (non-hydrogen) atoms. The lowest BCUT2D eigenvalue weighted by Crippen LogP contribution is -2.41. The largest absolute Gasteiger partial charge is 0.383 e. The summed E-state index contributed by atoms with van der Waals surface area (Å²) in [6.45, 7) is 6.37. The molecular formula is C13H18Cl2N2O. The highest BCUT2D eigenvalue weighted by Crippen LogP contribution is 2.25. The molecule has 0 aliphatic rings. The van der Waals surface area contributed by atoms with Gasteiger partial charge in [0, 0.05) is 23.5 Å². The lowest BCUT2D eigenvalue weighted by Gasteiger charge is -2.20. The lowest BCUT2D eigenvalue weighted by molar-refractivity contribution is -0.122. The summed E-state index contributed by atoms with van der Waals surface area (Å²) in [5.41, 5.74) is 0.540. The number of hydrogen-bond donors (Lipinski definition) is 2. The zero-order valence-corrected chi connectivity index (χ0v) is 12.3. The van der Waals surface area contributed by atoms with Crippen molar-refractivity contribution >= 4 is 34.8 Å². The van der Waals surface area contributed by atoms with Gasteiger partial charge < -0.3 is 10.6 Å². The number of hydrogen-bond acceptors (Lipinski definition) is 2. The number of rotatable bonds is 4. The molecule has 0 bridgehead atoms. The van der Waals surface area contributed by atoms with Crippen molar-refractivity contribution in [3.05, 3.63) is 28.2 Å². The molecule has 0 radical (unpaired) electrons. The number of amides is 1. The average Bonchev–Trinajstić information content (AvgIpc) is 2.20. The Labute approximate surface area is 118 Å². The number of nitrogens with one attached hydrogen (secondary N) is 2. The van der Waals surface area contributed by atoms with Gasteiger partial charge in [-0.2, -0.15) is 0 Å². The Balaban J connectivity index is 2.42. The van der Waals surface area contributed by atoms with Crippen LogP contribution in [-0.4, -0.2) is 18.0 Å². The van der Waals surface area contributed by atoms with Gasteiger partial charge in [0.05, 0.1) is 10.7 Å². The van der Waals surface area contributed by atoms with Crippen LogP contribution in [-0.2, 0) is 4.79 Å². The van der Waals surface area contributed by atoms with Gasteiger partial charge in [0.15, 0.2) is 0 Å². The summed E-state index contributed by atoms with van der Waals surface area (Å²) in [4.78, 5) is 11.6. The molecule has 0 fully saturated rings. The van der Waals surface area contributed by atoms with E-state index in [4.69, 9.17) is 23.2 Å². The molecule has 0 aliphatic carbocycles. The second kappa shape index (κ2) is 6.30. The van der Waals surface area contributed by atoms with Crippen molar-refractivity contribution in [1.82, 2.24) is 5.32 Å². The first-order valence-corrected chi connectivity index (χ1v) is 6.53. The van der Waals surface area contributed by atoms with E-state index in [0.717, 1.165) is 5.69 Å². The Morgan fingerprint density at radius 1 is 1.28 bits per heavy atom. The van der Waals surface area contributed by atoms with Crippen molar-refractivity contribution in [3.8, 4) is 0 Å². The first-order valence-electron chi connectivity index (χ1n) is 5.78. The van der Waals surface area contributed by atoms with Gasteiger partial charge in [-0.05, 0) is 39.0 Å². The molecule has 0 aliphatic heterocycles. The first kappa shape index (κ1) is 15.1. The first-order chi connectivity index (χ1) is 8.28. The quantitative estimate of drug-likeness (QED) is 0.887. The van der Waals surface area contributed by atoms with E-state index in [1.54, 1.807) is 18.2 Å². The highest BCUT2D eigenvalue weighted by molar-refractivity contribution is 6.35. The normalized spacial score (nSPS) is 11.2. The SMILES string of the molecule is CC(C)(C)NC(=O)CCNc1cc(Cl)ccc1Cl. The molecule has 0 saturated heterocycles. The van der Waals surface area contributed by atoms with E-state index in [1.165, 1.54) is 0 Å². The third kappa shape index (κ3) is 5.61. The summed E-state index contributed by atoms with van der Waals surface area (Å²) in [6.07, 6.45) is 0.389. The van der Waals surface area contributed by atoms with Crippen molar-refractivity contribution in [2.24, 2.45) is 0 Å². The Bertz CT molecular complexity index is 427. The predicted octanol–water partition coefficient (Wildman–Crippen LogP) is 3.71. The maximum atomic E-state index is 11.6. The average molecular weight is 289 g/mol. The predicted molar refractivity (Wildman–Crippen MR) is 77.5 cm³/mol. The zero-order chi connectivity index (χ0) is 13.8. The van der Waals surface area contributed by atoms with Crippen LogP contribution in [0.2, 0.25) is 10.0 Å². The van der Waals surface area contributed by atoms with Gasteiger partial charge >= 0.3 is 0 Å². The van der Waals surface area contributed by atoms with Gasteiger partial charge in [-0.15, -0.1) is 0 Å². The Kier molecular flexibility index (Phi) is 5.29. The fourth-order valence-electron chi connectivity index (χ4n) is 1.42. The van der Waals surface area contributed by atoms with Crippen molar-refractivity contribution in [2.45, 2.75) is 32.7 Å². The molecule has 1 aromatic carbocycles. The molecule has 0 aromatic heterocycles. The van der Waals surface area contributed by atoms with Gasteiger partial charge in [-0.3, -0.25) is 4.79 Å². The van der Waals surface area contributed by atoms with E-state index in [2.05, 4.69) is 10.6 Å². The molecule has 100 valence electrons. The highest BCUT2D eigenvalue weighted by Gasteiger charge is 2.13. The second-order valence-corrected chi connectivity index (χ2v) is 5.94. The minimum absolute atomic E-state index is 0.00755. The van der Waals surface area contributed by atoms with Crippen molar-refractivity contribution < 1.29 is 4.79 Å². The van der Waals surface area contributed by atoms with E-state index in [9.17, 15) is 4.79 Å². The van der Waals surface area contributed by atoms with Crippen LogP contribution in [0.4, 0.5) is 5.69 Å². The number of halogens is 2. The lowest BCUT2D eigenvalue weighted by atomic mass is 10.1. The van der Waals surface area contributed by atoms with Crippen LogP contribution in [0.5, 0.6) is 0 Å². The maximum Gasteiger partial charge on any atom is 0.222 e. The third-order valence-electron chi connectivity index (χ3n) is 2.11. The van der Waals surface area contributed by atoms with Crippen LogP contribution < -0.4 is 10.6 Å². The number of carbonyl (C=O) groups is 1. The van der Waals surface area contributed by atoms with Crippen LogP contribution in [0, 0.1) is 0 Å². The Morgan fingerprint density at radius 2 is 1.94 bits per heavy atom. The van der Waals surface area contributed by atoms with Gasteiger partial charge in [0.2, 0.25) is 5.91 Å². The maximum absolute atomic E-state index is 11.6. The van der Waals surface area contributed by atoms with Crippen molar-refractivity contribution in [2.75, 3.05) is 11.9 Å². The van der Waals surface area contributed by atoms with Crippen molar-refractivity contribution in [1.29, 1.82) is 0 Å². The Morgan fingerprint density at radius 3 is 2.56 bits per heavy atom. The van der Waals surface area contributed by atoms with Gasteiger partial charge in [-0.25, -0.2) is 0 Å². The molecule has 5 heteroatoms. The summed E-state index contributed by atoms with van der Waals surface area (Å²) in [6, 6.07) is 5.19. The monoisotopic (exact) mass is 288 g/mol. The molecule has 1 amide bonds. The second-order valence-electron chi connectivity index (χ2n) is 5.10.